The first-order valence-electron chi connectivity index (χ1n) is 18.2. The van der Waals surface area contributed by atoms with Gasteiger partial charge in [0.2, 0.25) is 0 Å². The maximum atomic E-state index is 5.50. The first kappa shape index (κ1) is 30.3. The Kier molecular flexibility index (Phi) is 8.53. The van der Waals surface area contributed by atoms with Crippen LogP contribution in [-0.2, 0) is 12.8 Å². The number of rotatable bonds is 10. The van der Waals surface area contributed by atoms with Crippen LogP contribution in [0.4, 0.5) is 0 Å². The van der Waals surface area contributed by atoms with Crippen LogP contribution in [0.2, 0.25) is 0 Å². The molecule has 0 radical (unpaired) electrons. The number of hydrogen-bond acceptors (Lipinski definition) is 2. The largest absolute Gasteiger partial charge is 0.497 e. The van der Waals surface area contributed by atoms with E-state index in [1.807, 2.05) is 0 Å². The number of fused-ring (bicyclic) bond motifs is 2. The highest BCUT2D eigenvalue weighted by molar-refractivity contribution is 5.90. The Balaban J connectivity index is 1.15. The molecule has 0 atom stereocenters. The van der Waals surface area contributed by atoms with Gasteiger partial charge in [-0.1, -0.05) is 97.5 Å². The summed E-state index contributed by atoms with van der Waals surface area (Å²) >= 11 is 0. The highest BCUT2D eigenvalue weighted by Crippen LogP contribution is 2.50. The molecule has 2 fully saturated rings. The van der Waals surface area contributed by atoms with Gasteiger partial charge in [-0.2, -0.15) is 0 Å². The van der Waals surface area contributed by atoms with E-state index in [1.54, 1.807) is 36.5 Å². The fourth-order valence-electron chi connectivity index (χ4n) is 9.52. The predicted molar refractivity (Wildman–Crippen MR) is 196 cm³/mol. The Bertz CT molecular complexity index is 1670. The van der Waals surface area contributed by atoms with Crippen molar-refractivity contribution in [2.75, 3.05) is 14.2 Å². The summed E-state index contributed by atoms with van der Waals surface area (Å²) in [6, 6.07) is 31.5. The van der Waals surface area contributed by atoms with E-state index in [0.29, 0.717) is 0 Å². The second-order valence-corrected chi connectivity index (χ2v) is 14.3. The van der Waals surface area contributed by atoms with Crippen LogP contribution in [0.3, 0.4) is 0 Å². The lowest BCUT2D eigenvalue weighted by Crippen LogP contribution is -2.02. The molecule has 4 aromatic rings. The zero-order chi connectivity index (χ0) is 31.7. The lowest BCUT2D eigenvalue weighted by Gasteiger charge is -2.19. The van der Waals surface area contributed by atoms with E-state index < -0.39 is 0 Å². The van der Waals surface area contributed by atoms with Crippen molar-refractivity contribution in [3.63, 3.8) is 0 Å². The Morgan fingerprint density at radius 3 is 1.30 bits per heavy atom. The minimum absolute atomic E-state index is 0.753. The van der Waals surface area contributed by atoms with Gasteiger partial charge in [0.1, 0.15) is 11.5 Å². The van der Waals surface area contributed by atoms with Gasteiger partial charge >= 0.3 is 0 Å². The molecule has 2 saturated carbocycles. The van der Waals surface area contributed by atoms with Crippen LogP contribution in [0.25, 0.3) is 33.4 Å². The average molecular weight is 621 g/mol. The van der Waals surface area contributed by atoms with Gasteiger partial charge in [0.05, 0.1) is 14.2 Å². The highest BCUT2D eigenvalue weighted by atomic mass is 16.5. The zero-order valence-electron chi connectivity index (χ0n) is 28.2. The molecule has 47 heavy (non-hydrogen) atoms. The summed E-state index contributed by atoms with van der Waals surface area (Å²) in [6.07, 6.45) is 16.8. The van der Waals surface area contributed by atoms with Gasteiger partial charge in [0.25, 0.3) is 0 Å². The monoisotopic (exact) mass is 620 g/mol. The van der Waals surface area contributed by atoms with Crippen LogP contribution in [-0.4, -0.2) is 14.2 Å². The van der Waals surface area contributed by atoms with Gasteiger partial charge in [-0.05, 0) is 150 Å². The minimum atomic E-state index is 0.753. The predicted octanol–water partition coefficient (Wildman–Crippen LogP) is 11.9. The molecule has 0 heterocycles. The van der Waals surface area contributed by atoms with Gasteiger partial charge in [-0.25, -0.2) is 0 Å². The molecule has 4 aliphatic rings. The standard InChI is InChI=1S/C45H48O2/c1-46-36-24-20-32(21-25-36)38-16-7-14-34-28-42(30-10-3-4-11-30)40(44(34)38)18-9-19-41-43(31-12-5-6-13-31)29-35-15-8-17-39(45(35)41)33-22-26-37(47-2)27-23-33/h7-8,14-17,20-27,30-31H,3-6,9-13,18-19,28-29H2,1-2H3. The van der Waals surface area contributed by atoms with E-state index in [9.17, 15) is 0 Å². The molecule has 2 nitrogen and oxygen atoms in total. The molecule has 0 amide bonds. The third kappa shape index (κ3) is 5.75. The lowest BCUT2D eigenvalue weighted by molar-refractivity contribution is 0.415. The first-order valence-corrected chi connectivity index (χ1v) is 18.2. The van der Waals surface area contributed by atoms with Crippen LogP contribution >= 0.6 is 0 Å². The Morgan fingerprint density at radius 2 is 0.915 bits per heavy atom. The van der Waals surface area contributed by atoms with Crippen molar-refractivity contribution in [1.82, 2.24) is 0 Å². The molecule has 0 N–H and O–H groups in total. The van der Waals surface area contributed by atoms with Crippen molar-refractivity contribution in [2.45, 2.75) is 83.5 Å². The Morgan fingerprint density at radius 1 is 0.511 bits per heavy atom. The number of allylic oxidation sites excluding steroid dienone is 4. The summed E-state index contributed by atoms with van der Waals surface area (Å²) in [4.78, 5) is 0. The van der Waals surface area contributed by atoms with Gasteiger partial charge < -0.3 is 9.47 Å². The molecule has 0 unspecified atom stereocenters. The first-order chi connectivity index (χ1) is 23.2. The highest BCUT2D eigenvalue weighted by Gasteiger charge is 2.33. The molecule has 240 valence electrons. The quantitative estimate of drug-likeness (QED) is 0.176. The minimum Gasteiger partial charge on any atom is -0.497 e. The topological polar surface area (TPSA) is 18.5 Å². The van der Waals surface area contributed by atoms with E-state index >= 15 is 0 Å². The molecule has 4 aliphatic carbocycles. The SMILES string of the molecule is COc1ccc(-c2cccc3c2C(CCCC2=C(C4CCCC4)Cc4cccc(-c5ccc(OC)cc5)c42)=C(C2CCCC2)C3)cc1. The summed E-state index contributed by atoms with van der Waals surface area (Å²) in [5.41, 5.74) is 18.4. The molecule has 2 heteroatoms. The van der Waals surface area contributed by atoms with Gasteiger partial charge in [-0.15, -0.1) is 0 Å². The number of methoxy groups -OCH3 is 2. The van der Waals surface area contributed by atoms with Crippen molar-refractivity contribution in [2.24, 2.45) is 11.8 Å². The van der Waals surface area contributed by atoms with Gasteiger partial charge in [-0.3, -0.25) is 0 Å². The third-order valence-electron chi connectivity index (χ3n) is 11.8. The average Bonchev–Trinajstić information content (AvgIpc) is 3.95. The van der Waals surface area contributed by atoms with E-state index in [1.165, 1.54) is 102 Å². The van der Waals surface area contributed by atoms with Crippen LogP contribution < -0.4 is 9.47 Å². The van der Waals surface area contributed by atoms with Crippen LogP contribution in [0.1, 0.15) is 92.9 Å². The zero-order valence-corrected chi connectivity index (χ0v) is 28.2. The van der Waals surface area contributed by atoms with Crippen molar-refractivity contribution < 1.29 is 9.47 Å². The Labute approximate surface area is 281 Å². The molecule has 4 aromatic carbocycles. The fourth-order valence-corrected chi connectivity index (χ4v) is 9.52. The summed E-state index contributed by atoms with van der Waals surface area (Å²) in [6.45, 7) is 0. The summed E-state index contributed by atoms with van der Waals surface area (Å²) < 4.78 is 11.0. The smallest absolute Gasteiger partial charge is 0.118 e. The van der Waals surface area contributed by atoms with E-state index in [2.05, 4.69) is 84.9 Å². The van der Waals surface area contributed by atoms with E-state index in [0.717, 1.165) is 49.0 Å². The van der Waals surface area contributed by atoms with Crippen LogP contribution in [0.15, 0.2) is 96.1 Å². The van der Waals surface area contributed by atoms with Gasteiger partial charge in [0.15, 0.2) is 0 Å². The van der Waals surface area contributed by atoms with Crippen molar-refractivity contribution >= 4 is 11.1 Å². The van der Waals surface area contributed by atoms with Crippen molar-refractivity contribution in [1.29, 1.82) is 0 Å². The van der Waals surface area contributed by atoms with E-state index in [4.69, 9.17) is 9.47 Å². The van der Waals surface area contributed by atoms with Crippen LogP contribution in [0.5, 0.6) is 11.5 Å². The molecule has 8 rings (SSSR count). The summed E-state index contributed by atoms with van der Waals surface area (Å²) in [5.74, 6) is 3.34. The molecule has 0 aromatic heterocycles. The number of ether oxygens (including phenoxy) is 2. The molecular weight excluding hydrogens is 572 g/mol. The maximum absolute atomic E-state index is 5.50. The van der Waals surface area contributed by atoms with Crippen molar-refractivity contribution in [3.8, 4) is 33.8 Å². The second kappa shape index (κ2) is 13.2. The molecule has 0 aliphatic heterocycles. The molecular formula is C45H48O2. The third-order valence-corrected chi connectivity index (χ3v) is 11.8. The Hall–Kier alpha value is -4.04. The molecule has 0 spiro atoms. The lowest BCUT2D eigenvalue weighted by atomic mass is 9.85. The summed E-state index contributed by atoms with van der Waals surface area (Å²) in [5, 5.41) is 0. The maximum Gasteiger partial charge on any atom is 0.118 e. The number of hydrogen-bond donors (Lipinski definition) is 0. The second-order valence-electron chi connectivity index (χ2n) is 14.3. The number of benzene rings is 4. The molecule has 0 saturated heterocycles. The molecule has 0 bridgehead atoms. The van der Waals surface area contributed by atoms with Gasteiger partial charge in [0, 0.05) is 0 Å². The fraction of sp³-hybridized carbons (Fsp3) is 0.378. The van der Waals surface area contributed by atoms with E-state index in [-0.39, 0.29) is 0 Å². The van der Waals surface area contributed by atoms with Crippen molar-refractivity contribution in [3.05, 3.63) is 118 Å². The summed E-state index contributed by atoms with van der Waals surface area (Å²) in [7, 11) is 3.50. The van der Waals surface area contributed by atoms with Crippen LogP contribution in [0, 0.1) is 11.8 Å². The normalized spacial score (nSPS) is 17.9.